The minimum atomic E-state index is -0.316. The van der Waals surface area contributed by atoms with E-state index in [-0.39, 0.29) is 11.9 Å². The minimum absolute atomic E-state index is 0.132. The van der Waals surface area contributed by atoms with Crippen LogP contribution in [0.25, 0.3) is 0 Å². The van der Waals surface area contributed by atoms with Gasteiger partial charge in [-0.1, -0.05) is 23.7 Å². The van der Waals surface area contributed by atoms with Crippen molar-refractivity contribution >= 4 is 11.6 Å². The third-order valence-corrected chi connectivity index (χ3v) is 3.35. The van der Waals surface area contributed by atoms with E-state index in [0.717, 1.165) is 16.9 Å². The van der Waals surface area contributed by atoms with Gasteiger partial charge in [-0.05, 0) is 48.4 Å². The van der Waals surface area contributed by atoms with Gasteiger partial charge in [-0.15, -0.1) is 0 Å². The van der Waals surface area contributed by atoms with Crippen molar-refractivity contribution in [1.82, 2.24) is 5.32 Å². The molecule has 1 atom stereocenters. The van der Waals surface area contributed by atoms with Crippen LogP contribution in [-0.2, 0) is 6.54 Å². The lowest BCUT2D eigenvalue weighted by molar-refractivity contribution is 0.413. The van der Waals surface area contributed by atoms with E-state index in [4.69, 9.17) is 16.3 Å². The molecule has 0 aliphatic heterocycles. The third-order valence-electron chi connectivity index (χ3n) is 3.13. The summed E-state index contributed by atoms with van der Waals surface area (Å²) in [5.74, 6) is 0.508. The fourth-order valence-corrected chi connectivity index (χ4v) is 2.26. The zero-order chi connectivity index (χ0) is 14.5. The Hall–Kier alpha value is -1.58. The molecule has 0 aliphatic rings. The molecule has 0 spiro atoms. The summed E-state index contributed by atoms with van der Waals surface area (Å²) in [5, 5.41) is 3.75. The van der Waals surface area contributed by atoms with Crippen molar-refractivity contribution in [2.24, 2.45) is 0 Å². The van der Waals surface area contributed by atoms with Crippen molar-refractivity contribution in [2.75, 3.05) is 7.11 Å². The van der Waals surface area contributed by atoms with Crippen LogP contribution in [0, 0.1) is 5.82 Å². The fraction of sp³-hybridized carbons (Fsp3) is 0.250. The molecule has 0 fully saturated rings. The van der Waals surface area contributed by atoms with Crippen molar-refractivity contribution < 1.29 is 9.13 Å². The number of halogens is 2. The highest BCUT2D eigenvalue weighted by Crippen LogP contribution is 2.20. The van der Waals surface area contributed by atoms with Gasteiger partial charge in [-0.25, -0.2) is 4.39 Å². The molecule has 2 aromatic rings. The quantitative estimate of drug-likeness (QED) is 0.885. The summed E-state index contributed by atoms with van der Waals surface area (Å²) in [5.41, 5.74) is 1.94. The van der Waals surface area contributed by atoms with Crippen LogP contribution >= 0.6 is 11.6 Å². The highest BCUT2D eigenvalue weighted by molar-refractivity contribution is 6.30. The smallest absolute Gasteiger partial charge is 0.125 e. The van der Waals surface area contributed by atoms with Gasteiger partial charge < -0.3 is 10.1 Å². The van der Waals surface area contributed by atoms with Gasteiger partial charge in [-0.2, -0.15) is 0 Å². The van der Waals surface area contributed by atoms with Crippen LogP contribution < -0.4 is 10.1 Å². The van der Waals surface area contributed by atoms with Gasteiger partial charge in [0, 0.05) is 17.6 Å². The summed E-state index contributed by atoms with van der Waals surface area (Å²) >= 11 is 5.84. The Morgan fingerprint density at radius 3 is 2.75 bits per heavy atom. The average molecular weight is 294 g/mol. The second-order valence-corrected chi connectivity index (χ2v) is 5.09. The standard InChI is InChI=1S/C16H17ClFNO/c1-11(13-4-3-5-16(8-13)20-2)19-10-12-6-14(17)9-15(18)7-12/h3-9,11,19H,10H2,1-2H3. The molecular weight excluding hydrogens is 277 g/mol. The molecule has 0 radical (unpaired) electrons. The molecule has 20 heavy (non-hydrogen) atoms. The zero-order valence-corrected chi connectivity index (χ0v) is 12.2. The van der Waals surface area contributed by atoms with Crippen LogP contribution in [0.4, 0.5) is 4.39 Å². The molecule has 1 unspecified atom stereocenters. The van der Waals surface area contributed by atoms with Crippen molar-refractivity contribution in [3.05, 3.63) is 64.4 Å². The molecule has 4 heteroatoms. The highest BCUT2D eigenvalue weighted by atomic mass is 35.5. The number of ether oxygens (including phenoxy) is 1. The maximum atomic E-state index is 13.2. The normalized spacial score (nSPS) is 12.2. The van der Waals surface area contributed by atoms with Gasteiger partial charge in [0.2, 0.25) is 0 Å². The van der Waals surface area contributed by atoms with Gasteiger partial charge in [-0.3, -0.25) is 0 Å². The topological polar surface area (TPSA) is 21.3 Å². The second-order valence-electron chi connectivity index (χ2n) is 4.66. The summed E-state index contributed by atoms with van der Waals surface area (Å²) in [4.78, 5) is 0. The summed E-state index contributed by atoms with van der Waals surface area (Å²) in [6.07, 6.45) is 0. The third kappa shape index (κ3) is 3.95. The summed E-state index contributed by atoms with van der Waals surface area (Å²) in [6, 6.07) is 12.5. The van der Waals surface area contributed by atoms with Gasteiger partial charge in [0.25, 0.3) is 0 Å². The Bertz CT molecular complexity index is 568. The lowest BCUT2D eigenvalue weighted by Crippen LogP contribution is -2.18. The molecule has 0 bridgehead atoms. The van der Waals surface area contributed by atoms with Crippen molar-refractivity contribution in [3.8, 4) is 5.75 Å². The SMILES string of the molecule is COc1cccc(C(C)NCc2cc(F)cc(Cl)c2)c1. The molecular formula is C16H17ClFNO. The molecule has 106 valence electrons. The molecule has 0 aliphatic carbocycles. The second kappa shape index (κ2) is 6.73. The maximum Gasteiger partial charge on any atom is 0.125 e. The molecule has 0 saturated heterocycles. The first-order valence-corrected chi connectivity index (χ1v) is 6.78. The lowest BCUT2D eigenvalue weighted by Gasteiger charge is -2.15. The van der Waals surface area contributed by atoms with Gasteiger partial charge in [0.05, 0.1) is 7.11 Å². The van der Waals surface area contributed by atoms with Gasteiger partial charge >= 0.3 is 0 Å². The molecule has 0 heterocycles. The van der Waals surface area contributed by atoms with Crippen LogP contribution in [0.5, 0.6) is 5.75 Å². The van der Waals surface area contributed by atoms with E-state index < -0.39 is 0 Å². The van der Waals surface area contributed by atoms with Crippen LogP contribution in [0.2, 0.25) is 5.02 Å². The maximum absolute atomic E-state index is 13.2. The predicted octanol–water partition coefficient (Wildman–Crippen LogP) is 4.34. The van der Waals surface area contributed by atoms with Crippen molar-refractivity contribution in [3.63, 3.8) is 0 Å². The van der Waals surface area contributed by atoms with E-state index in [2.05, 4.69) is 12.2 Å². The number of methoxy groups -OCH3 is 1. The molecule has 1 N–H and O–H groups in total. The minimum Gasteiger partial charge on any atom is -0.497 e. The Labute approximate surface area is 123 Å². The van der Waals surface area contributed by atoms with Crippen LogP contribution in [-0.4, -0.2) is 7.11 Å². The average Bonchev–Trinajstić information content (AvgIpc) is 2.44. The summed E-state index contributed by atoms with van der Waals surface area (Å²) < 4.78 is 18.4. The number of hydrogen-bond donors (Lipinski definition) is 1. The van der Waals surface area contributed by atoms with E-state index >= 15 is 0 Å². The molecule has 2 rings (SSSR count). The highest BCUT2D eigenvalue weighted by Gasteiger charge is 2.07. The van der Waals surface area contributed by atoms with E-state index in [9.17, 15) is 4.39 Å². The lowest BCUT2D eigenvalue weighted by atomic mass is 10.1. The Balaban J connectivity index is 2.02. The van der Waals surface area contributed by atoms with Crippen molar-refractivity contribution in [2.45, 2.75) is 19.5 Å². The van der Waals surface area contributed by atoms with Gasteiger partial charge in [0.15, 0.2) is 0 Å². The van der Waals surface area contributed by atoms with E-state index in [0.29, 0.717) is 11.6 Å². The first-order chi connectivity index (χ1) is 9.58. The number of hydrogen-bond acceptors (Lipinski definition) is 2. The first kappa shape index (κ1) is 14.8. The summed E-state index contributed by atoms with van der Waals surface area (Å²) in [7, 11) is 1.64. The van der Waals surface area contributed by atoms with E-state index in [1.165, 1.54) is 12.1 Å². The van der Waals surface area contributed by atoms with E-state index in [1.54, 1.807) is 13.2 Å². The van der Waals surface area contributed by atoms with Crippen LogP contribution in [0.1, 0.15) is 24.1 Å². The van der Waals surface area contributed by atoms with Crippen molar-refractivity contribution in [1.29, 1.82) is 0 Å². The molecule has 0 saturated carbocycles. The molecule has 2 aromatic carbocycles. The molecule has 2 nitrogen and oxygen atoms in total. The van der Waals surface area contributed by atoms with Gasteiger partial charge in [0.1, 0.15) is 11.6 Å². The summed E-state index contributed by atoms with van der Waals surface area (Å²) in [6.45, 7) is 2.60. The van der Waals surface area contributed by atoms with E-state index in [1.807, 2.05) is 24.3 Å². The fourth-order valence-electron chi connectivity index (χ4n) is 2.01. The molecule has 0 amide bonds. The van der Waals surface area contributed by atoms with Crippen LogP contribution in [0.3, 0.4) is 0 Å². The Morgan fingerprint density at radius 2 is 2.05 bits per heavy atom. The first-order valence-electron chi connectivity index (χ1n) is 6.41. The monoisotopic (exact) mass is 293 g/mol. The number of benzene rings is 2. The van der Waals surface area contributed by atoms with Crippen LogP contribution in [0.15, 0.2) is 42.5 Å². The predicted molar refractivity (Wildman–Crippen MR) is 79.7 cm³/mol. The Morgan fingerprint density at radius 1 is 1.25 bits per heavy atom. The number of rotatable bonds is 5. The largest absolute Gasteiger partial charge is 0.497 e. The zero-order valence-electron chi connectivity index (χ0n) is 11.5. The Kier molecular flexibility index (Phi) is 4.99. The molecule has 0 aromatic heterocycles. The number of nitrogens with one attached hydrogen (secondary N) is 1.